The van der Waals surface area contributed by atoms with Gasteiger partial charge < -0.3 is 20.1 Å². The number of benzene rings is 1. The summed E-state index contributed by atoms with van der Waals surface area (Å²) in [5.74, 6) is -1.13. The molecule has 1 aliphatic heterocycles. The van der Waals surface area contributed by atoms with Crippen molar-refractivity contribution in [1.82, 2.24) is 4.90 Å². The first-order valence-corrected chi connectivity index (χ1v) is 7.00. The SMILES string of the molecule is COC1CCN(C(=O)Nc2ccc(Cl)cc2C(=O)O)CC1. The molecule has 0 radical (unpaired) electrons. The number of ether oxygens (including phenoxy) is 1. The van der Waals surface area contributed by atoms with Crippen molar-refractivity contribution in [3.8, 4) is 0 Å². The van der Waals surface area contributed by atoms with Gasteiger partial charge >= 0.3 is 12.0 Å². The lowest BCUT2D eigenvalue weighted by Crippen LogP contribution is -2.43. The molecule has 1 aromatic rings. The highest BCUT2D eigenvalue weighted by molar-refractivity contribution is 6.31. The highest BCUT2D eigenvalue weighted by Gasteiger charge is 2.23. The number of aromatic carboxylic acids is 1. The standard InChI is InChI=1S/C14H17ClN2O4/c1-21-10-4-6-17(7-5-10)14(20)16-12-3-2-9(15)8-11(12)13(18)19/h2-3,8,10H,4-7H2,1H3,(H,16,20)(H,18,19). The van der Waals surface area contributed by atoms with Crippen LogP contribution in [-0.2, 0) is 4.74 Å². The molecule has 1 aromatic carbocycles. The van der Waals surface area contributed by atoms with Crippen LogP contribution >= 0.6 is 11.6 Å². The molecule has 1 aliphatic rings. The number of anilines is 1. The summed E-state index contributed by atoms with van der Waals surface area (Å²) < 4.78 is 5.25. The van der Waals surface area contributed by atoms with E-state index in [1.54, 1.807) is 18.1 Å². The summed E-state index contributed by atoms with van der Waals surface area (Å²) in [5.41, 5.74) is 0.216. The van der Waals surface area contributed by atoms with E-state index in [2.05, 4.69) is 5.32 Å². The number of carboxylic acid groups (broad SMARTS) is 1. The number of nitrogens with one attached hydrogen (secondary N) is 1. The van der Waals surface area contributed by atoms with Crippen molar-refractivity contribution in [3.05, 3.63) is 28.8 Å². The number of likely N-dealkylation sites (tertiary alicyclic amines) is 1. The third kappa shape index (κ3) is 3.86. The monoisotopic (exact) mass is 312 g/mol. The second-order valence-electron chi connectivity index (χ2n) is 4.85. The summed E-state index contributed by atoms with van der Waals surface area (Å²) >= 11 is 5.78. The smallest absolute Gasteiger partial charge is 0.337 e. The largest absolute Gasteiger partial charge is 0.478 e. The Morgan fingerprint density at radius 3 is 2.62 bits per heavy atom. The Hall–Kier alpha value is -1.79. The van der Waals surface area contributed by atoms with Gasteiger partial charge in [0.2, 0.25) is 0 Å². The van der Waals surface area contributed by atoms with Gasteiger partial charge in [-0.1, -0.05) is 11.6 Å². The Morgan fingerprint density at radius 1 is 1.38 bits per heavy atom. The fraction of sp³-hybridized carbons (Fsp3) is 0.429. The number of methoxy groups -OCH3 is 1. The first-order chi connectivity index (χ1) is 10.0. The topological polar surface area (TPSA) is 78.9 Å². The first-order valence-electron chi connectivity index (χ1n) is 6.63. The van der Waals surface area contributed by atoms with E-state index < -0.39 is 5.97 Å². The van der Waals surface area contributed by atoms with Gasteiger partial charge in [-0.15, -0.1) is 0 Å². The van der Waals surface area contributed by atoms with Crippen LogP contribution in [0, 0.1) is 0 Å². The number of carbonyl (C=O) groups is 2. The Labute approximate surface area is 127 Å². The van der Waals surface area contributed by atoms with Crippen LogP contribution in [0.15, 0.2) is 18.2 Å². The van der Waals surface area contributed by atoms with E-state index in [0.717, 1.165) is 12.8 Å². The van der Waals surface area contributed by atoms with Crippen molar-refractivity contribution in [2.45, 2.75) is 18.9 Å². The minimum Gasteiger partial charge on any atom is -0.478 e. The zero-order chi connectivity index (χ0) is 15.4. The molecule has 0 spiro atoms. The van der Waals surface area contributed by atoms with Crippen LogP contribution in [0.1, 0.15) is 23.2 Å². The molecule has 21 heavy (non-hydrogen) atoms. The maximum atomic E-state index is 12.2. The minimum atomic E-state index is -1.13. The summed E-state index contributed by atoms with van der Waals surface area (Å²) in [4.78, 5) is 25.0. The molecule has 2 N–H and O–H groups in total. The molecule has 2 rings (SSSR count). The van der Waals surface area contributed by atoms with Gasteiger partial charge in [0, 0.05) is 25.2 Å². The second kappa shape index (κ2) is 6.78. The number of amides is 2. The number of hydrogen-bond donors (Lipinski definition) is 2. The molecule has 1 fully saturated rings. The van der Waals surface area contributed by atoms with E-state index in [4.69, 9.17) is 21.4 Å². The average Bonchev–Trinajstić information content (AvgIpc) is 2.49. The van der Waals surface area contributed by atoms with Crippen molar-refractivity contribution in [1.29, 1.82) is 0 Å². The van der Waals surface area contributed by atoms with Crippen LogP contribution in [0.5, 0.6) is 0 Å². The summed E-state index contributed by atoms with van der Waals surface area (Å²) in [6.07, 6.45) is 1.73. The molecular formula is C14H17ClN2O4. The highest BCUT2D eigenvalue weighted by atomic mass is 35.5. The van der Waals surface area contributed by atoms with Gasteiger partial charge in [-0.3, -0.25) is 0 Å². The Bertz CT molecular complexity index is 542. The number of hydrogen-bond acceptors (Lipinski definition) is 3. The van der Waals surface area contributed by atoms with Crippen molar-refractivity contribution < 1.29 is 19.4 Å². The molecule has 114 valence electrons. The van der Waals surface area contributed by atoms with Crippen molar-refractivity contribution in [2.24, 2.45) is 0 Å². The van der Waals surface area contributed by atoms with Gasteiger partial charge in [0.1, 0.15) is 0 Å². The molecular weight excluding hydrogens is 296 g/mol. The van der Waals surface area contributed by atoms with E-state index in [1.165, 1.54) is 12.1 Å². The molecule has 6 nitrogen and oxygen atoms in total. The van der Waals surface area contributed by atoms with E-state index in [0.29, 0.717) is 18.1 Å². The fourth-order valence-corrected chi connectivity index (χ4v) is 2.46. The number of rotatable bonds is 3. The molecule has 1 saturated heterocycles. The lowest BCUT2D eigenvalue weighted by molar-refractivity contribution is 0.0521. The van der Waals surface area contributed by atoms with Crippen LogP contribution < -0.4 is 5.32 Å². The van der Waals surface area contributed by atoms with E-state index >= 15 is 0 Å². The second-order valence-corrected chi connectivity index (χ2v) is 5.28. The normalized spacial score (nSPS) is 15.8. The van der Waals surface area contributed by atoms with Gasteiger partial charge in [-0.05, 0) is 31.0 Å². The molecule has 0 aromatic heterocycles. The number of halogens is 1. The molecule has 0 aliphatic carbocycles. The number of urea groups is 1. The Kier molecular flexibility index (Phi) is 5.03. The van der Waals surface area contributed by atoms with Gasteiger partial charge in [-0.2, -0.15) is 0 Å². The lowest BCUT2D eigenvalue weighted by Gasteiger charge is -2.31. The van der Waals surface area contributed by atoms with Crippen LogP contribution in [-0.4, -0.2) is 48.3 Å². The molecule has 2 amide bonds. The lowest BCUT2D eigenvalue weighted by atomic mass is 10.1. The molecule has 0 atom stereocenters. The number of carboxylic acids is 1. The maximum absolute atomic E-state index is 12.2. The number of nitrogens with zero attached hydrogens (tertiary/aromatic N) is 1. The quantitative estimate of drug-likeness (QED) is 0.899. The van der Waals surface area contributed by atoms with Gasteiger partial charge in [-0.25, -0.2) is 9.59 Å². The first kappa shape index (κ1) is 15.6. The molecule has 0 saturated carbocycles. The Morgan fingerprint density at radius 2 is 2.05 bits per heavy atom. The predicted octanol–water partition coefficient (Wildman–Crippen LogP) is 2.68. The maximum Gasteiger partial charge on any atom is 0.337 e. The van der Waals surface area contributed by atoms with Crippen molar-refractivity contribution in [2.75, 3.05) is 25.5 Å². The third-order valence-electron chi connectivity index (χ3n) is 3.52. The summed E-state index contributed by atoms with van der Waals surface area (Å²) in [6.45, 7) is 1.17. The number of carbonyl (C=O) groups excluding carboxylic acids is 1. The highest BCUT2D eigenvalue weighted by Crippen LogP contribution is 2.22. The summed E-state index contributed by atoms with van der Waals surface area (Å²) in [7, 11) is 1.66. The van der Waals surface area contributed by atoms with E-state index in [9.17, 15) is 9.59 Å². The van der Waals surface area contributed by atoms with Crippen molar-refractivity contribution >= 4 is 29.3 Å². The average molecular weight is 313 g/mol. The summed E-state index contributed by atoms with van der Waals surface area (Å²) in [6, 6.07) is 4.04. The fourth-order valence-electron chi connectivity index (χ4n) is 2.29. The van der Waals surface area contributed by atoms with E-state index in [1.807, 2.05) is 0 Å². The number of piperidine rings is 1. The zero-order valence-corrected chi connectivity index (χ0v) is 12.4. The molecule has 1 heterocycles. The third-order valence-corrected chi connectivity index (χ3v) is 3.75. The Balaban J connectivity index is 2.05. The zero-order valence-electron chi connectivity index (χ0n) is 11.6. The van der Waals surface area contributed by atoms with E-state index in [-0.39, 0.29) is 23.4 Å². The van der Waals surface area contributed by atoms with Gasteiger partial charge in [0.05, 0.1) is 17.4 Å². The van der Waals surface area contributed by atoms with Crippen LogP contribution in [0.25, 0.3) is 0 Å². The van der Waals surface area contributed by atoms with Crippen molar-refractivity contribution in [3.63, 3.8) is 0 Å². The van der Waals surface area contributed by atoms with Crippen LogP contribution in [0.2, 0.25) is 5.02 Å². The van der Waals surface area contributed by atoms with Crippen LogP contribution in [0.3, 0.4) is 0 Å². The van der Waals surface area contributed by atoms with Crippen LogP contribution in [0.4, 0.5) is 10.5 Å². The predicted molar refractivity (Wildman–Crippen MR) is 79.0 cm³/mol. The van der Waals surface area contributed by atoms with Gasteiger partial charge in [0.25, 0.3) is 0 Å². The molecule has 0 bridgehead atoms. The minimum absolute atomic E-state index is 0.0253. The summed E-state index contributed by atoms with van der Waals surface area (Å²) in [5, 5.41) is 12.1. The van der Waals surface area contributed by atoms with Gasteiger partial charge in [0.15, 0.2) is 0 Å². The molecule has 0 unspecified atom stereocenters. The molecule has 7 heteroatoms.